The maximum atomic E-state index is 12.0. The molecule has 57 heavy (non-hydrogen) atoms. The van der Waals surface area contributed by atoms with Gasteiger partial charge in [-0.15, -0.1) is 0 Å². The highest BCUT2D eigenvalue weighted by atomic mass is 79.9. The van der Waals surface area contributed by atoms with Gasteiger partial charge in [-0.25, -0.2) is 19.2 Å². The number of carbonyl (C=O) groups is 6. The van der Waals surface area contributed by atoms with Crippen molar-refractivity contribution in [2.24, 2.45) is 0 Å². The lowest BCUT2D eigenvalue weighted by molar-refractivity contribution is -0.141. The van der Waals surface area contributed by atoms with Crippen molar-refractivity contribution in [3.05, 3.63) is 113 Å². The summed E-state index contributed by atoms with van der Waals surface area (Å²) in [7, 11) is 0. The normalized spacial score (nSPS) is 18.1. The predicted molar refractivity (Wildman–Crippen MR) is 210 cm³/mol. The highest BCUT2D eigenvalue weighted by Gasteiger charge is 2.37. The number of hydrogen-bond acceptors (Lipinski definition) is 9. The number of Topliss-reactive ketones (excluding diaryl/α,β-unsaturated/α-hetero) is 2. The minimum Gasteiger partial charge on any atom is -0.480 e. The lowest BCUT2D eigenvalue weighted by atomic mass is 10.1. The Morgan fingerprint density at radius 2 is 0.965 bits per heavy atom. The Morgan fingerprint density at radius 1 is 0.614 bits per heavy atom. The van der Waals surface area contributed by atoms with Gasteiger partial charge in [-0.05, 0) is 55.2 Å². The predicted octanol–water partition coefficient (Wildman–Crippen LogP) is 6.28. The van der Waals surface area contributed by atoms with Gasteiger partial charge in [-0.3, -0.25) is 24.3 Å². The van der Waals surface area contributed by atoms with E-state index in [4.69, 9.17) is 24.8 Å². The third kappa shape index (κ3) is 13.7. The molecule has 0 aromatic heterocycles. The molecular formula is C41H46BrN5O10. The molecule has 6 rings (SSSR count). The quantitative estimate of drug-likeness (QED) is 0.0754. The Labute approximate surface area is 339 Å². The van der Waals surface area contributed by atoms with Gasteiger partial charge in [0.1, 0.15) is 31.9 Å². The molecule has 3 aromatic carbocycles. The number of aliphatic carboxylic acids is 1. The first-order chi connectivity index (χ1) is 27.6. The van der Waals surface area contributed by atoms with Crippen molar-refractivity contribution >= 4 is 58.0 Å². The van der Waals surface area contributed by atoms with Crippen LogP contribution in [0.25, 0.3) is 5.53 Å². The SMILES string of the molecule is O=C(CBr)[C@@H]1CCCN1C(=O)OCc1ccccc1.O=C(O)[C@@H]1CCCN1C(=O)OCc1ccccc1.[N-]=[N+]=CC(=O)[C@@H]1CCCN1C(=O)OCc1ccccc1. The Balaban J connectivity index is 0.000000190. The average molecular weight is 849 g/mol. The van der Waals surface area contributed by atoms with Gasteiger partial charge in [0.05, 0.1) is 11.4 Å². The molecule has 0 radical (unpaired) electrons. The summed E-state index contributed by atoms with van der Waals surface area (Å²) in [5.74, 6) is -1.32. The number of ketones is 2. The Kier molecular flexibility index (Phi) is 17.9. The summed E-state index contributed by atoms with van der Waals surface area (Å²) in [6.07, 6.45) is 3.43. The fourth-order valence-corrected chi connectivity index (χ4v) is 6.86. The topological polar surface area (TPSA) is 196 Å². The first-order valence-corrected chi connectivity index (χ1v) is 19.7. The number of carboxylic acid groups (broad SMARTS) is 1. The summed E-state index contributed by atoms with van der Waals surface area (Å²) < 4.78 is 15.6. The van der Waals surface area contributed by atoms with Crippen LogP contribution >= 0.6 is 15.9 Å². The molecule has 0 saturated carbocycles. The third-order valence-corrected chi connectivity index (χ3v) is 9.93. The van der Waals surface area contributed by atoms with Gasteiger partial charge in [0.25, 0.3) is 5.78 Å². The first-order valence-electron chi connectivity index (χ1n) is 18.6. The molecule has 3 aromatic rings. The van der Waals surface area contributed by atoms with Gasteiger partial charge < -0.3 is 24.8 Å². The standard InChI is InChI=1S/C14H16BrNO3.C14H15N3O3.C13H15NO4/c15-9-13(17)12-7-4-8-16(12)14(18)19-10-11-5-2-1-3-6-11;15-16-9-13(18)12-7-4-8-17(12)14(19)20-10-11-5-2-1-3-6-11;15-12(16)11-7-4-8-14(11)13(17)18-9-10-5-2-1-3-6-10/h1-3,5-6,12H,4,7-10H2;1-3,5-6,9,12H,4,7-8,10H2;1-3,5-6,11H,4,7-9H2,(H,15,16)/t2*12-;11-/m000/s1. The summed E-state index contributed by atoms with van der Waals surface area (Å²) in [6, 6.07) is 26.5. The monoisotopic (exact) mass is 847 g/mol. The molecule has 0 unspecified atom stereocenters. The highest BCUT2D eigenvalue weighted by Crippen LogP contribution is 2.22. The molecule has 0 spiro atoms. The fraction of sp³-hybridized carbons (Fsp3) is 0.390. The van der Waals surface area contributed by atoms with Crippen molar-refractivity contribution in [2.75, 3.05) is 25.0 Å². The van der Waals surface area contributed by atoms with Crippen molar-refractivity contribution in [3.63, 3.8) is 0 Å². The van der Waals surface area contributed by atoms with Crippen molar-refractivity contribution in [1.29, 1.82) is 0 Å². The number of nitrogens with zero attached hydrogens (tertiary/aromatic N) is 5. The number of ether oxygens (including phenoxy) is 3. The van der Waals surface area contributed by atoms with E-state index in [-0.39, 0.29) is 42.8 Å². The van der Waals surface area contributed by atoms with Gasteiger partial charge in [0.15, 0.2) is 5.78 Å². The van der Waals surface area contributed by atoms with E-state index < -0.39 is 36.3 Å². The minimum atomic E-state index is -0.968. The van der Waals surface area contributed by atoms with Crippen molar-refractivity contribution < 1.29 is 52.9 Å². The summed E-state index contributed by atoms with van der Waals surface area (Å²) in [5, 5.41) is 9.25. The smallest absolute Gasteiger partial charge is 0.410 e. The highest BCUT2D eigenvalue weighted by molar-refractivity contribution is 9.09. The molecule has 0 aliphatic carbocycles. The molecule has 3 aliphatic rings. The molecule has 3 fully saturated rings. The van der Waals surface area contributed by atoms with E-state index in [0.717, 1.165) is 42.2 Å². The van der Waals surface area contributed by atoms with Gasteiger partial charge in [0, 0.05) is 19.6 Å². The number of halogens is 1. The van der Waals surface area contributed by atoms with Crippen LogP contribution in [-0.2, 0) is 48.4 Å². The van der Waals surface area contributed by atoms with Gasteiger partial charge in [0.2, 0.25) is 0 Å². The van der Waals surface area contributed by atoms with Crippen LogP contribution < -0.4 is 0 Å². The van der Waals surface area contributed by atoms with Crippen molar-refractivity contribution in [3.8, 4) is 0 Å². The lowest BCUT2D eigenvalue weighted by Crippen LogP contribution is -2.41. The van der Waals surface area contributed by atoms with E-state index in [1.54, 1.807) is 0 Å². The summed E-state index contributed by atoms with van der Waals surface area (Å²) >= 11 is 3.15. The second kappa shape index (κ2) is 23.3. The van der Waals surface area contributed by atoms with Crippen LogP contribution in [-0.4, -0.2) is 110 Å². The maximum Gasteiger partial charge on any atom is 0.410 e. The molecule has 16 heteroatoms. The number of likely N-dealkylation sites (tertiary alicyclic amines) is 3. The summed E-state index contributed by atoms with van der Waals surface area (Å²) in [5.41, 5.74) is 11.1. The molecule has 3 aliphatic heterocycles. The number of hydrogen-bond donors (Lipinski definition) is 1. The number of benzene rings is 3. The molecular weight excluding hydrogens is 802 g/mol. The molecule has 3 amide bonds. The van der Waals surface area contributed by atoms with Crippen LogP contribution in [0, 0.1) is 0 Å². The average Bonchev–Trinajstić information content (AvgIpc) is 4.05. The Morgan fingerprint density at radius 3 is 1.33 bits per heavy atom. The van der Waals surface area contributed by atoms with Gasteiger partial charge >= 0.3 is 30.5 Å². The number of rotatable bonds is 11. The Hall–Kier alpha value is -5.86. The van der Waals surface area contributed by atoms with E-state index in [2.05, 4.69) is 20.7 Å². The second-order valence-corrected chi connectivity index (χ2v) is 13.8. The van der Waals surface area contributed by atoms with E-state index in [1.165, 1.54) is 14.7 Å². The second-order valence-electron chi connectivity index (χ2n) is 13.3. The molecule has 15 nitrogen and oxygen atoms in total. The van der Waals surface area contributed by atoms with Crippen LogP contribution in [0.15, 0.2) is 91.0 Å². The number of carboxylic acids is 1. The summed E-state index contributed by atoms with van der Waals surface area (Å²) in [6.45, 7) is 2.10. The fourth-order valence-electron chi connectivity index (χ4n) is 6.48. The third-order valence-electron chi connectivity index (χ3n) is 9.38. The van der Waals surface area contributed by atoms with E-state index in [0.29, 0.717) is 38.9 Å². The van der Waals surface area contributed by atoms with E-state index >= 15 is 0 Å². The Bertz CT molecular complexity index is 1850. The van der Waals surface area contributed by atoms with Crippen LogP contribution in [0.4, 0.5) is 14.4 Å². The van der Waals surface area contributed by atoms with Crippen LogP contribution in [0.2, 0.25) is 0 Å². The zero-order chi connectivity index (χ0) is 41.0. The van der Waals surface area contributed by atoms with Crippen molar-refractivity contribution in [1.82, 2.24) is 14.7 Å². The summed E-state index contributed by atoms with van der Waals surface area (Å²) in [4.78, 5) is 77.0. The molecule has 302 valence electrons. The van der Waals surface area contributed by atoms with Crippen LogP contribution in [0.3, 0.4) is 0 Å². The van der Waals surface area contributed by atoms with Crippen LogP contribution in [0.1, 0.15) is 55.2 Å². The first kappa shape index (κ1) is 43.9. The van der Waals surface area contributed by atoms with Gasteiger partial charge in [-0.2, -0.15) is 4.79 Å². The number of alkyl halides is 1. The minimum absolute atomic E-state index is 0.0363. The van der Waals surface area contributed by atoms with Gasteiger partial charge in [-0.1, -0.05) is 107 Å². The maximum absolute atomic E-state index is 12.0. The molecule has 3 saturated heterocycles. The molecule has 3 heterocycles. The van der Waals surface area contributed by atoms with Crippen molar-refractivity contribution in [2.45, 2.75) is 76.5 Å². The number of carbonyl (C=O) groups excluding carboxylic acids is 5. The van der Waals surface area contributed by atoms with Crippen LogP contribution in [0.5, 0.6) is 0 Å². The largest absolute Gasteiger partial charge is 0.480 e. The molecule has 3 atom stereocenters. The zero-order valence-electron chi connectivity index (χ0n) is 31.4. The molecule has 0 bridgehead atoms. The molecule has 1 N–H and O–H groups in total. The number of amides is 3. The zero-order valence-corrected chi connectivity index (χ0v) is 33.0. The lowest BCUT2D eigenvalue weighted by Gasteiger charge is -2.22. The van der Waals surface area contributed by atoms with E-state index in [9.17, 15) is 28.8 Å². The van der Waals surface area contributed by atoms with E-state index in [1.807, 2.05) is 91.0 Å².